The van der Waals surface area contributed by atoms with Gasteiger partial charge in [0, 0.05) is 19.2 Å². The number of hydrogen-bond donors (Lipinski definition) is 1. The largest absolute Gasteiger partial charge is 0.493 e. The van der Waals surface area contributed by atoms with Crippen molar-refractivity contribution >= 4 is 27.5 Å². The molecule has 0 radical (unpaired) electrons. The van der Waals surface area contributed by atoms with Crippen molar-refractivity contribution in [1.82, 2.24) is 10.2 Å². The van der Waals surface area contributed by atoms with Gasteiger partial charge in [0.25, 0.3) is 10.0 Å². The highest BCUT2D eigenvalue weighted by Crippen LogP contribution is 2.32. The number of sulfonamides is 1. The van der Waals surface area contributed by atoms with Gasteiger partial charge in [0.2, 0.25) is 11.8 Å². The molecule has 232 valence electrons. The Morgan fingerprint density at radius 2 is 1.47 bits per heavy atom. The molecule has 1 N–H and O–H groups in total. The maximum Gasteiger partial charge on any atom is 0.264 e. The minimum atomic E-state index is -4.43. The number of hydrogen-bond acceptors (Lipinski definition) is 6. The Morgan fingerprint density at radius 3 is 2.00 bits per heavy atom. The van der Waals surface area contributed by atoms with Crippen LogP contribution in [0.4, 0.5) is 14.5 Å². The summed E-state index contributed by atoms with van der Waals surface area (Å²) in [5.74, 6) is -1.54. The highest BCUT2D eigenvalue weighted by molar-refractivity contribution is 7.92. The SMILES string of the molecule is CC[C@H](C(=O)NCC(C)C)N(Cc1ccc(F)cc1)C(=O)CN(c1ccc(F)cc1)S(=O)(=O)c1ccc(OC)c(OC)c1. The van der Waals surface area contributed by atoms with Crippen LogP contribution in [0.15, 0.2) is 71.6 Å². The van der Waals surface area contributed by atoms with Crippen molar-refractivity contribution < 1.29 is 36.3 Å². The van der Waals surface area contributed by atoms with Crippen molar-refractivity contribution in [2.45, 2.75) is 44.7 Å². The zero-order chi connectivity index (χ0) is 31.7. The van der Waals surface area contributed by atoms with Gasteiger partial charge in [0.05, 0.1) is 24.8 Å². The van der Waals surface area contributed by atoms with Gasteiger partial charge in [-0.1, -0.05) is 32.9 Å². The number of nitrogens with one attached hydrogen (secondary N) is 1. The summed E-state index contributed by atoms with van der Waals surface area (Å²) in [4.78, 5) is 28.4. The van der Waals surface area contributed by atoms with Crippen LogP contribution >= 0.6 is 0 Å². The predicted octanol–water partition coefficient (Wildman–Crippen LogP) is 4.76. The van der Waals surface area contributed by atoms with E-state index in [4.69, 9.17) is 9.47 Å². The summed E-state index contributed by atoms with van der Waals surface area (Å²) >= 11 is 0. The number of methoxy groups -OCH3 is 2. The second-order valence-electron chi connectivity index (χ2n) is 10.2. The van der Waals surface area contributed by atoms with E-state index in [2.05, 4.69) is 5.32 Å². The molecule has 0 saturated carbocycles. The molecule has 0 saturated heterocycles. The summed E-state index contributed by atoms with van der Waals surface area (Å²) in [6.45, 7) is 5.19. The van der Waals surface area contributed by atoms with E-state index < -0.39 is 46.1 Å². The average molecular weight is 618 g/mol. The van der Waals surface area contributed by atoms with Gasteiger partial charge < -0.3 is 19.7 Å². The summed E-state index contributed by atoms with van der Waals surface area (Å²) in [7, 11) is -1.66. The van der Waals surface area contributed by atoms with Crippen molar-refractivity contribution in [1.29, 1.82) is 0 Å². The number of amides is 2. The summed E-state index contributed by atoms with van der Waals surface area (Å²) < 4.78 is 66.9. The molecule has 2 amide bonds. The van der Waals surface area contributed by atoms with Crippen LogP contribution < -0.4 is 19.1 Å². The first-order valence-electron chi connectivity index (χ1n) is 13.7. The first-order chi connectivity index (χ1) is 20.4. The highest BCUT2D eigenvalue weighted by atomic mass is 32.2. The fourth-order valence-corrected chi connectivity index (χ4v) is 5.80. The number of benzene rings is 3. The minimum absolute atomic E-state index is 0.0311. The van der Waals surface area contributed by atoms with Crippen LogP contribution in [-0.4, -0.2) is 58.5 Å². The first-order valence-corrected chi connectivity index (χ1v) is 15.2. The molecule has 3 rings (SSSR count). The monoisotopic (exact) mass is 617 g/mol. The smallest absolute Gasteiger partial charge is 0.264 e. The molecule has 0 aromatic heterocycles. The Morgan fingerprint density at radius 1 is 0.884 bits per heavy atom. The lowest BCUT2D eigenvalue weighted by Crippen LogP contribution is -2.52. The molecule has 43 heavy (non-hydrogen) atoms. The third kappa shape index (κ3) is 8.44. The second-order valence-corrected chi connectivity index (χ2v) is 12.1. The zero-order valence-electron chi connectivity index (χ0n) is 24.8. The van der Waals surface area contributed by atoms with Crippen molar-refractivity contribution in [3.05, 3.63) is 83.9 Å². The lowest BCUT2D eigenvalue weighted by Gasteiger charge is -2.33. The van der Waals surface area contributed by atoms with E-state index >= 15 is 0 Å². The number of halogens is 2. The standard InChI is InChI=1S/C31H37F2N3O6S/c1-6-27(31(38)34-18-21(2)3)35(19-22-7-9-23(32)10-8-22)30(37)20-36(25-13-11-24(33)12-14-25)43(39,40)26-15-16-28(41-4)29(17-26)42-5/h7-17,21,27H,6,18-20H2,1-5H3,(H,34,38)/t27-/m1/s1. The van der Waals surface area contributed by atoms with Crippen LogP contribution in [0.5, 0.6) is 11.5 Å². The fourth-order valence-electron chi connectivity index (χ4n) is 4.37. The minimum Gasteiger partial charge on any atom is -0.493 e. The van der Waals surface area contributed by atoms with E-state index in [0.717, 1.165) is 16.4 Å². The molecule has 0 heterocycles. The van der Waals surface area contributed by atoms with Crippen LogP contribution in [0.2, 0.25) is 0 Å². The van der Waals surface area contributed by atoms with Gasteiger partial charge in [-0.2, -0.15) is 0 Å². The van der Waals surface area contributed by atoms with Gasteiger partial charge >= 0.3 is 0 Å². The van der Waals surface area contributed by atoms with E-state index in [9.17, 15) is 26.8 Å². The number of nitrogens with zero attached hydrogens (tertiary/aromatic N) is 2. The molecule has 0 fully saturated rings. The molecule has 3 aromatic carbocycles. The summed E-state index contributed by atoms with van der Waals surface area (Å²) in [5.41, 5.74) is 0.574. The van der Waals surface area contributed by atoms with E-state index in [0.29, 0.717) is 17.9 Å². The quantitative estimate of drug-likeness (QED) is 0.280. The topological polar surface area (TPSA) is 105 Å². The van der Waals surface area contributed by atoms with E-state index in [1.165, 1.54) is 73.7 Å². The summed E-state index contributed by atoms with van der Waals surface area (Å²) in [5, 5.41) is 2.84. The zero-order valence-corrected chi connectivity index (χ0v) is 25.7. The van der Waals surface area contributed by atoms with E-state index in [1.807, 2.05) is 13.8 Å². The Labute approximate surface area is 251 Å². The fraction of sp³-hybridized carbons (Fsp3) is 0.355. The van der Waals surface area contributed by atoms with Gasteiger partial charge in [0.1, 0.15) is 24.2 Å². The van der Waals surface area contributed by atoms with Gasteiger partial charge in [-0.15, -0.1) is 0 Å². The molecule has 3 aromatic rings. The molecule has 0 aliphatic rings. The van der Waals surface area contributed by atoms with Crippen LogP contribution in [-0.2, 0) is 26.2 Å². The molecule has 0 aliphatic carbocycles. The van der Waals surface area contributed by atoms with Crippen molar-refractivity contribution in [3.8, 4) is 11.5 Å². The van der Waals surface area contributed by atoms with Gasteiger partial charge in [-0.3, -0.25) is 13.9 Å². The molecule has 12 heteroatoms. The Balaban J connectivity index is 2.08. The predicted molar refractivity (Wildman–Crippen MR) is 159 cm³/mol. The maximum atomic E-state index is 14.1. The van der Waals surface area contributed by atoms with Crippen LogP contribution in [0.3, 0.4) is 0 Å². The molecule has 0 unspecified atom stereocenters. The number of carbonyl (C=O) groups excluding carboxylic acids is 2. The average Bonchev–Trinajstić information content (AvgIpc) is 2.99. The highest BCUT2D eigenvalue weighted by Gasteiger charge is 2.34. The Kier molecular flexibility index (Phi) is 11.5. The third-order valence-corrected chi connectivity index (χ3v) is 8.44. The molecule has 1 atom stereocenters. The number of carbonyl (C=O) groups is 2. The summed E-state index contributed by atoms with van der Waals surface area (Å²) in [6, 6.07) is 13.2. The molecular weight excluding hydrogens is 580 g/mol. The van der Waals surface area contributed by atoms with Crippen LogP contribution in [0, 0.1) is 17.6 Å². The van der Waals surface area contributed by atoms with Gasteiger partial charge in [0.15, 0.2) is 11.5 Å². The number of ether oxygens (including phenoxy) is 2. The number of rotatable bonds is 14. The molecular formula is C31H37F2N3O6S. The molecule has 0 spiro atoms. The summed E-state index contributed by atoms with van der Waals surface area (Å²) in [6.07, 6.45) is 0.232. The maximum absolute atomic E-state index is 14.1. The lowest BCUT2D eigenvalue weighted by molar-refractivity contribution is -0.140. The van der Waals surface area contributed by atoms with Crippen LogP contribution in [0.1, 0.15) is 32.8 Å². The van der Waals surface area contributed by atoms with Gasteiger partial charge in [-0.25, -0.2) is 17.2 Å². The van der Waals surface area contributed by atoms with Crippen LogP contribution in [0.25, 0.3) is 0 Å². The Bertz CT molecular complexity index is 1500. The molecule has 9 nitrogen and oxygen atoms in total. The third-order valence-electron chi connectivity index (χ3n) is 6.67. The first kappa shape index (κ1) is 33.3. The lowest BCUT2D eigenvalue weighted by atomic mass is 10.1. The van der Waals surface area contributed by atoms with Crippen molar-refractivity contribution in [3.63, 3.8) is 0 Å². The normalized spacial score (nSPS) is 12.0. The van der Waals surface area contributed by atoms with Crippen molar-refractivity contribution in [2.24, 2.45) is 5.92 Å². The molecule has 0 aliphatic heterocycles. The van der Waals surface area contributed by atoms with E-state index in [1.54, 1.807) is 6.92 Å². The Hall–Kier alpha value is -4.19. The van der Waals surface area contributed by atoms with Crippen molar-refractivity contribution in [2.75, 3.05) is 31.6 Å². The second kappa shape index (κ2) is 14.8. The van der Waals surface area contributed by atoms with E-state index in [-0.39, 0.29) is 35.2 Å². The van der Waals surface area contributed by atoms with Gasteiger partial charge in [-0.05, 0) is 66.4 Å². The molecule has 0 bridgehead atoms. The number of anilines is 1.